The number of aliphatic imine (C=N–C) groups is 1. The molecule has 0 spiro atoms. The van der Waals surface area contributed by atoms with Gasteiger partial charge in [-0.1, -0.05) is 52.7 Å². The van der Waals surface area contributed by atoms with Crippen molar-refractivity contribution in [2.75, 3.05) is 6.54 Å². The molecule has 33 heavy (non-hydrogen) atoms. The minimum Gasteiger partial charge on any atom is -0.457 e. The number of benzene rings is 2. The van der Waals surface area contributed by atoms with E-state index in [0.717, 1.165) is 15.8 Å². The highest BCUT2D eigenvalue weighted by atomic mass is 35.5. The van der Waals surface area contributed by atoms with Gasteiger partial charge in [-0.3, -0.25) is 9.69 Å². The minimum atomic E-state index is -0.163. The summed E-state index contributed by atoms with van der Waals surface area (Å²) in [7, 11) is 0. The Kier molecular flexibility index (Phi) is 6.12. The first-order valence-corrected chi connectivity index (χ1v) is 12.2. The third-order valence-corrected chi connectivity index (χ3v) is 7.09. The molecule has 5 rings (SSSR count). The molecule has 0 unspecified atom stereocenters. The van der Waals surface area contributed by atoms with E-state index in [4.69, 9.17) is 27.6 Å². The SMILES string of the molecule is C=CCN1C(=O)C(=Cc2ccc(-c3cc(Cl)cc(Cl)c3)o2)SC1=Nc1nc2ccccc2s1. The Balaban J connectivity index is 1.46. The summed E-state index contributed by atoms with van der Waals surface area (Å²) < 4.78 is 6.97. The van der Waals surface area contributed by atoms with Gasteiger partial charge in [0.05, 0.1) is 15.1 Å². The van der Waals surface area contributed by atoms with Crippen molar-refractivity contribution < 1.29 is 9.21 Å². The first kappa shape index (κ1) is 22.0. The summed E-state index contributed by atoms with van der Waals surface area (Å²) in [6.45, 7) is 4.11. The van der Waals surface area contributed by atoms with Gasteiger partial charge in [0.15, 0.2) is 5.17 Å². The topological polar surface area (TPSA) is 58.7 Å². The highest BCUT2D eigenvalue weighted by Gasteiger charge is 2.33. The number of hydrogen-bond acceptors (Lipinski definition) is 6. The van der Waals surface area contributed by atoms with Crippen LogP contribution in [0.15, 0.2) is 81.6 Å². The average Bonchev–Trinajstić information content (AvgIpc) is 3.48. The summed E-state index contributed by atoms with van der Waals surface area (Å²) in [5.41, 5.74) is 1.64. The largest absolute Gasteiger partial charge is 0.457 e. The molecule has 4 aromatic rings. The van der Waals surface area contributed by atoms with Crippen molar-refractivity contribution in [1.29, 1.82) is 0 Å². The molecule has 0 saturated carbocycles. The molecular formula is C24H15Cl2N3O2S2. The van der Waals surface area contributed by atoms with Crippen molar-refractivity contribution in [3.8, 4) is 11.3 Å². The summed E-state index contributed by atoms with van der Waals surface area (Å²) >= 11 is 15.0. The standard InChI is InChI=1S/C24H15Cl2N3O2S2/c1-2-9-29-22(30)21(33-24(29)28-23-27-18-5-3-4-6-20(18)32-23)13-17-7-8-19(31-17)14-10-15(25)12-16(26)11-14/h2-8,10-13H,1,9H2. The molecule has 164 valence electrons. The molecular weight excluding hydrogens is 497 g/mol. The lowest BCUT2D eigenvalue weighted by Gasteiger charge is -2.11. The van der Waals surface area contributed by atoms with Crippen LogP contribution in [0.2, 0.25) is 10.0 Å². The van der Waals surface area contributed by atoms with E-state index in [-0.39, 0.29) is 5.91 Å². The van der Waals surface area contributed by atoms with Crippen LogP contribution in [-0.2, 0) is 4.79 Å². The van der Waals surface area contributed by atoms with Crippen LogP contribution in [0.1, 0.15) is 5.76 Å². The second-order valence-electron chi connectivity index (χ2n) is 7.03. The maximum atomic E-state index is 13.1. The van der Waals surface area contributed by atoms with Crippen LogP contribution in [-0.4, -0.2) is 27.5 Å². The zero-order valence-electron chi connectivity index (χ0n) is 17.0. The van der Waals surface area contributed by atoms with Gasteiger partial charge in [-0.2, -0.15) is 4.99 Å². The Morgan fingerprint density at radius 3 is 2.67 bits per heavy atom. The number of amides is 1. The van der Waals surface area contributed by atoms with Gasteiger partial charge in [-0.05, 0) is 54.2 Å². The zero-order chi connectivity index (χ0) is 22.9. The molecule has 3 heterocycles. The van der Waals surface area contributed by atoms with Gasteiger partial charge in [0.25, 0.3) is 5.91 Å². The van der Waals surface area contributed by atoms with E-state index in [0.29, 0.717) is 43.3 Å². The molecule has 1 saturated heterocycles. The number of carbonyl (C=O) groups is 1. The Morgan fingerprint density at radius 2 is 1.91 bits per heavy atom. The fourth-order valence-electron chi connectivity index (χ4n) is 3.28. The van der Waals surface area contributed by atoms with Crippen molar-refractivity contribution in [2.24, 2.45) is 4.99 Å². The van der Waals surface area contributed by atoms with Crippen LogP contribution >= 0.6 is 46.3 Å². The molecule has 1 fully saturated rings. The van der Waals surface area contributed by atoms with Crippen LogP contribution in [0.3, 0.4) is 0 Å². The lowest BCUT2D eigenvalue weighted by molar-refractivity contribution is -0.121. The van der Waals surface area contributed by atoms with Crippen LogP contribution < -0.4 is 0 Å². The van der Waals surface area contributed by atoms with Gasteiger partial charge < -0.3 is 4.42 Å². The Morgan fingerprint density at radius 1 is 1.12 bits per heavy atom. The number of thiazole rings is 1. The van der Waals surface area contributed by atoms with E-state index in [9.17, 15) is 4.79 Å². The summed E-state index contributed by atoms with van der Waals surface area (Å²) in [6.07, 6.45) is 3.38. The van der Waals surface area contributed by atoms with Crippen molar-refractivity contribution in [3.05, 3.63) is 88.0 Å². The predicted molar refractivity (Wildman–Crippen MR) is 138 cm³/mol. The molecule has 1 aliphatic rings. The number of fused-ring (bicyclic) bond motifs is 1. The van der Waals surface area contributed by atoms with Crippen LogP contribution in [0.25, 0.3) is 27.6 Å². The summed E-state index contributed by atoms with van der Waals surface area (Å²) in [5.74, 6) is 0.980. The van der Waals surface area contributed by atoms with Crippen molar-refractivity contribution in [1.82, 2.24) is 9.88 Å². The second kappa shape index (κ2) is 9.19. The number of para-hydroxylation sites is 1. The van der Waals surface area contributed by atoms with Crippen LogP contribution in [0.5, 0.6) is 0 Å². The number of halogens is 2. The van der Waals surface area contributed by atoms with Gasteiger partial charge in [0.1, 0.15) is 11.5 Å². The van der Waals surface area contributed by atoms with Crippen molar-refractivity contribution in [2.45, 2.75) is 0 Å². The monoisotopic (exact) mass is 511 g/mol. The van der Waals surface area contributed by atoms with E-state index >= 15 is 0 Å². The van der Waals surface area contributed by atoms with E-state index in [1.165, 1.54) is 23.1 Å². The van der Waals surface area contributed by atoms with Gasteiger partial charge in [-0.25, -0.2) is 4.98 Å². The molecule has 0 radical (unpaired) electrons. The number of rotatable bonds is 5. The molecule has 1 amide bonds. The number of hydrogen-bond donors (Lipinski definition) is 0. The summed E-state index contributed by atoms with van der Waals surface area (Å²) in [4.78, 5) is 24.3. The molecule has 2 aromatic carbocycles. The molecule has 0 aliphatic carbocycles. The van der Waals surface area contributed by atoms with E-state index in [1.54, 1.807) is 41.3 Å². The zero-order valence-corrected chi connectivity index (χ0v) is 20.1. The van der Waals surface area contributed by atoms with Gasteiger partial charge in [-0.15, -0.1) is 6.58 Å². The number of furan rings is 1. The quantitative estimate of drug-likeness (QED) is 0.204. The van der Waals surface area contributed by atoms with Crippen molar-refractivity contribution >= 4 is 78.8 Å². The fourth-order valence-corrected chi connectivity index (χ4v) is 5.67. The second-order valence-corrected chi connectivity index (χ2v) is 9.92. The van der Waals surface area contributed by atoms with Gasteiger partial charge in [0.2, 0.25) is 5.13 Å². The summed E-state index contributed by atoms with van der Waals surface area (Å²) in [5, 5.41) is 2.19. The Bertz CT molecular complexity index is 1400. The molecule has 9 heteroatoms. The molecule has 0 bridgehead atoms. The average molecular weight is 512 g/mol. The molecule has 0 N–H and O–H groups in total. The maximum Gasteiger partial charge on any atom is 0.267 e. The van der Waals surface area contributed by atoms with Crippen LogP contribution in [0, 0.1) is 0 Å². The number of amidine groups is 1. The Labute approximate surface area is 208 Å². The normalized spacial score (nSPS) is 16.4. The van der Waals surface area contributed by atoms with Gasteiger partial charge in [0, 0.05) is 28.2 Å². The van der Waals surface area contributed by atoms with Gasteiger partial charge >= 0.3 is 0 Å². The van der Waals surface area contributed by atoms with Crippen molar-refractivity contribution in [3.63, 3.8) is 0 Å². The smallest absolute Gasteiger partial charge is 0.267 e. The minimum absolute atomic E-state index is 0.163. The summed E-state index contributed by atoms with van der Waals surface area (Å²) in [6, 6.07) is 16.7. The third kappa shape index (κ3) is 4.63. The third-order valence-electron chi connectivity index (χ3n) is 4.72. The number of nitrogens with zero attached hydrogens (tertiary/aromatic N) is 3. The first-order chi connectivity index (χ1) is 16.0. The lowest BCUT2D eigenvalue weighted by Crippen LogP contribution is -2.29. The molecule has 2 aromatic heterocycles. The molecule has 5 nitrogen and oxygen atoms in total. The maximum absolute atomic E-state index is 13.1. The van der Waals surface area contributed by atoms with E-state index in [2.05, 4.69) is 16.6 Å². The van der Waals surface area contributed by atoms with E-state index < -0.39 is 0 Å². The van der Waals surface area contributed by atoms with Crippen LogP contribution in [0.4, 0.5) is 5.13 Å². The lowest BCUT2D eigenvalue weighted by atomic mass is 10.2. The van der Waals surface area contributed by atoms with E-state index in [1.807, 2.05) is 30.3 Å². The molecule has 1 aliphatic heterocycles. The first-order valence-electron chi connectivity index (χ1n) is 9.83. The fraction of sp³-hybridized carbons (Fsp3) is 0.0417. The highest BCUT2D eigenvalue weighted by molar-refractivity contribution is 8.18. The Hall–Kier alpha value is -2.84. The number of carbonyl (C=O) groups excluding carboxylic acids is 1. The predicted octanol–water partition coefficient (Wildman–Crippen LogP) is 7.65. The molecule has 0 atom stereocenters. The number of aromatic nitrogens is 1. The highest BCUT2D eigenvalue weighted by Crippen LogP contribution is 2.37. The number of thioether (sulfide) groups is 1.